The van der Waals surface area contributed by atoms with Gasteiger partial charge in [0.15, 0.2) is 0 Å². The van der Waals surface area contributed by atoms with Gasteiger partial charge in [0.05, 0.1) is 4.92 Å². The van der Waals surface area contributed by atoms with Crippen molar-refractivity contribution in [3.63, 3.8) is 0 Å². The first-order valence-electron chi connectivity index (χ1n) is 6.94. The SMILES string of the molecule is CC1(C)CCC(NCCc2ccccc2[N+](=O)[O-])C1. The molecule has 4 heteroatoms. The Kier molecular flexibility index (Phi) is 4.20. The molecule has 1 aromatic carbocycles. The van der Waals surface area contributed by atoms with Crippen LogP contribution < -0.4 is 5.32 Å². The van der Waals surface area contributed by atoms with Crippen molar-refractivity contribution in [3.8, 4) is 0 Å². The molecule has 1 aliphatic rings. The summed E-state index contributed by atoms with van der Waals surface area (Å²) in [7, 11) is 0. The van der Waals surface area contributed by atoms with Crippen molar-refractivity contribution in [2.75, 3.05) is 6.54 Å². The third-order valence-electron chi connectivity index (χ3n) is 3.98. The molecule has 1 aliphatic carbocycles. The van der Waals surface area contributed by atoms with Gasteiger partial charge < -0.3 is 5.32 Å². The average Bonchev–Trinajstić information content (AvgIpc) is 2.69. The van der Waals surface area contributed by atoms with Crippen molar-refractivity contribution in [1.82, 2.24) is 5.32 Å². The zero-order chi connectivity index (χ0) is 13.9. The van der Waals surface area contributed by atoms with E-state index in [0.717, 1.165) is 12.1 Å². The molecule has 1 unspecified atom stereocenters. The lowest BCUT2D eigenvalue weighted by Crippen LogP contribution is -2.29. The van der Waals surface area contributed by atoms with Crippen LogP contribution in [0.1, 0.15) is 38.7 Å². The summed E-state index contributed by atoms with van der Waals surface area (Å²) in [5.41, 5.74) is 1.49. The number of nitro benzene ring substituents is 1. The van der Waals surface area contributed by atoms with Crippen LogP contribution in [0.3, 0.4) is 0 Å². The quantitative estimate of drug-likeness (QED) is 0.654. The third-order valence-corrected chi connectivity index (χ3v) is 3.98. The van der Waals surface area contributed by atoms with Crippen LogP contribution in [0.4, 0.5) is 5.69 Å². The smallest absolute Gasteiger partial charge is 0.272 e. The van der Waals surface area contributed by atoms with Gasteiger partial charge in [-0.2, -0.15) is 0 Å². The van der Waals surface area contributed by atoms with Crippen molar-refractivity contribution in [3.05, 3.63) is 39.9 Å². The van der Waals surface area contributed by atoms with E-state index in [-0.39, 0.29) is 10.6 Å². The summed E-state index contributed by atoms with van der Waals surface area (Å²) in [6, 6.07) is 7.57. The molecule has 104 valence electrons. The maximum absolute atomic E-state index is 10.9. The summed E-state index contributed by atoms with van der Waals surface area (Å²) >= 11 is 0. The zero-order valence-corrected chi connectivity index (χ0v) is 11.7. The van der Waals surface area contributed by atoms with E-state index in [1.165, 1.54) is 19.3 Å². The lowest BCUT2D eigenvalue weighted by Gasteiger charge is -2.17. The molecule has 2 rings (SSSR count). The Morgan fingerprint density at radius 3 is 2.79 bits per heavy atom. The number of hydrogen-bond donors (Lipinski definition) is 1. The second kappa shape index (κ2) is 5.70. The van der Waals surface area contributed by atoms with Gasteiger partial charge in [0, 0.05) is 17.7 Å². The standard InChI is InChI=1S/C15H22N2O2/c1-15(2)9-7-13(11-15)16-10-8-12-5-3-4-6-14(12)17(18)19/h3-6,13,16H,7-11H2,1-2H3. The largest absolute Gasteiger partial charge is 0.314 e. The number of rotatable bonds is 5. The summed E-state index contributed by atoms with van der Waals surface area (Å²) in [5, 5.41) is 14.4. The highest BCUT2D eigenvalue weighted by atomic mass is 16.6. The molecule has 0 heterocycles. The van der Waals surface area contributed by atoms with Gasteiger partial charge in [-0.3, -0.25) is 10.1 Å². The number of para-hydroxylation sites is 1. The normalized spacial score (nSPS) is 21.5. The fourth-order valence-corrected chi connectivity index (χ4v) is 2.92. The molecule has 0 bridgehead atoms. The molecule has 0 aliphatic heterocycles. The molecule has 4 nitrogen and oxygen atoms in total. The molecule has 0 amide bonds. The van der Waals surface area contributed by atoms with Gasteiger partial charge in [-0.15, -0.1) is 0 Å². The number of nitro groups is 1. The van der Waals surface area contributed by atoms with E-state index in [4.69, 9.17) is 0 Å². The predicted molar refractivity (Wildman–Crippen MR) is 76.2 cm³/mol. The van der Waals surface area contributed by atoms with Crippen LogP contribution in [0, 0.1) is 15.5 Å². The van der Waals surface area contributed by atoms with E-state index in [0.29, 0.717) is 17.9 Å². The molecule has 1 N–H and O–H groups in total. The van der Waals surface area contributed by atoms with E-state index >= 15 is 0 Å². The number of nitrogens with one attached hydrogen (secondary N) is 1. The van der Waals surface area contributed by atoms with Crippen molar-refractivity contribution in [2.45, 2.75) is 45.6 Å². The first kappa shape index (κ1) is 14.0. The Bertz CT molecular complexity index is 457. The average molecular weight is 262 g/mol. The van der Waals surface area contributed by atoms with Gasteiger partial charge in [-0.25, -0.2) is 0 Å². The Morgan fingerprint density at radius 1 is 1.42 bits per heavy atom. The first-order valence-corrected chi connectivity index (χ1v) is 6.94. The molecular weight excluding hydrogens is 240 g/mol. The minimum Gasteiger partial charge on any atom is -0.314 e. The first-order chi connectivity index (χ1) is 8.98. The van der Waals surface area contributed by atoms with E-state index in [1.54, 1.807) is 12.1 Å². The fourth-order valence-electron chi connectivity index (χ4n) is 2.92. The molecule has 1 saturated carbocycles. The molecule has 0 saturated heterocycles. The van der Waals surface area contributed by atoms with Crippen LogP contribution in [-0.2, 0) is 6.42 Å². The van der Waals surface area contributed by atoms with Crippen molar-refractivity contribution in [2.24, 2.45) is 5.41 Å². The highest BCUT2D eigenvalue weighted by Crippen LogP contribution is 2.36. The van der Waals surface area contributed by atoms with Crippen LogP contribution in [-0.4, -0.2) is 17.5 Å². The van der Waals surface area contributed by atoms with Crippen molar-refractivity contribution >= 4 is 5.69 Å². The van der Waals surface area contributed by atoms with Crippen LogP contribution in [0.5, 0.6) is 0 Å². The molecule has 1 fully saturated rings. The minimum atomic E-state index is -0.298. The van der Waals surface area contributed by atoms with Gasteiger partial charge in [-0.1, -0.05) is 32.0 Å². The summed E-state index contributed by atoms with van der Waals surface area (Å²) in [6.45, 7) is 5.42. The molecule has 0 radical (unpaired) electrons. The molecule has 0 aromatic heterocycles. The second-order valence-electron chi connectivity index (χ2n) is 6.19. The van der Waals surface area contributed by atoms with Crippen LogP contribution in [0.25, 0.3) is 0 Å². The summed E-state index contributed by atoms with van der Waals surface area (Å²) in [5.74, 6) is 0. The lowest BCUT2D eigenvalue weighted by atomic mass is 9.92. The van der Waals surface area contributed by atoms with Crippen molar-refractivity contribution < 1.29 is 4.92 Å². The summed E-state index contributed by atoms with van der Waals surface area (Å²) in [6.07, 6.45) is 4.39. The summed E-state index contributed by atoms with van der Waals surface area (Å²) in [4.78, 5) is 10.6. The Balaban J connectivity index is 1.85. The van der Waals surface area contributed by atoms with Gasteiger partial charge in [0.25, 0.3) is 5.69 Å². The molecule has 1 aromatic rings. The van der Waals surface area contributed by atoms with E-state index in [2.05, 4.69) is 19.2 Å². The molecular formula is C15H22N2O2. The molecule has 1 atom stereocenters. The molecule has 0 spiro atoms. The van der Waals surface area contributed by atoms with E-state index in [1.807, 2.05) is 12.1 Å². The number of nitrogens with zero attached hydrogens (tertiary/aromatic N) is 1. The van der Waals surface area contributed by atoms with E-state index < -0.39 is 0 Å². The van der Waals surface area contributed by atoms with Gasteiger partial charge in [-0.05, 0) is 37.6 Å². The second-order valence-corrected chi connectivity index (χ2v) is 6.19. The fraction of sp³-hybridized carbons (Fsp3) is 0.600. The monoisotopic (exact) mass is 262 g/mol. The minimum absolute atomic E-state index is 0.232. The number of benzene rings is 1. The lowest BCUT2D eigenvalue weighted by molar-refractivity contribution is -0.385. The number of hydrogen-bond acceptors (Lipinski definition) is 3. The van der Waals surface area contributed by atoms with Crippen LogP contribution in [0.2, 0.25) is 0 Å². The van der Waals surface area contributed by atoms with Gasteiger partial charge in [0.1, 0.15) is 0 Å². The summed E-state index contributed by atoms with van der Waals surface area (Å²) < 4.78 is 0. The Hall–Kier alpha value is -1.42. The Labute approximate surface area is 114 Å². The topological polar surface area (TPSA) is 55.2 Å². The van der Waals surface area contributed by atoms with Gasteiger partial charge in [0.2, 0.25) is 0 Å². The van der Waals surface area contributed by atoms with E-state index in [9.17, 15) is 10.1 Å². The third kappa shape index (κ3) is 3.77. The maximum Gasteiger partial charge on any atom is 0.272 e. The van der Waals surface area contributed by atoms with Crippen LogP contribution in [0.15, 0.2) is 24.3 Å². The highest BCUT2D eigenvalue weighted by molar-refractivity contribution is 5.39. The Morgan fingerprint density at radius 2 is 2.16 bits per heavy atom. The molecule has 19 heavy (non-hydrogen) atoms. The zero-order valence-electron chi connectivity index (χ0n) is 11.7. The maximum atomic E-state index is 10.9. The van der Waals surface area contributed by atoms with Crippen molar-refractivity contribution in [1.29, 1.82) is 0 Å². The predicted octanol–water partition coefficient (Wildman–Crippen LogP) is 3.31. The van der Waals surface area contributed by atoms with Crippen LogP contribution >= 0.6 is 0 Å². The van der Waals surface area contributed by atoms with Gasteiger partial charge >= 0.3 is 0 Å². The highest BCUT2D eigenvalue weighted by Gasteiger charge is 2.30.